The molecule has 2 aromatic heterocycles. The minimum atomic E-state index is 0.587. The predicted molar refractivity (Wildman–Crippen MR) is 79.2 cm³/mol. The van der Waals surface area contributed by atoms with Gasteiger partial charge in [0.2, 0.25) is 0 Å². The topological polar surface area (TPSA) is 34.9 Å². The molecule has 0 saturated carbocycles. The van der Waals surface area contributed by atoms with E-state index in [-0.39, 0.29) is 0 Å². The van der Waals surface area contributed by atoms with E-state index in [9.17, 15) is 4.79 Å². The van der Waals surface area contributed by atoms with Gasteiger partial charge in [-0.25, -0.2) is 0 Å². The fraction of sp³-hybridized carbons (Fsp3) is 0.0667. The second-order valence-electron chi connectivity index (χ2n) is 4.42. The van der Waals surface area contributed by atoms with E-state index in [4.69, 9.17) is 0 Å². The van der Waals surface area contributed by atoms with Crippen LogP contribution in [0.2, 0.25) is 0 Å². The van der Waals surface area contributed by atoms with Gasteiger partial charge in [-0.1, -0.05) is 22.0 Å². The van der Waals surface area contributed by atoms with Gasteiger partial charge in [0.1, 0.15) is 0 Å². The fourth-order valence-corrected chi connectivity index (χ4v) is 2.59. The molecule has 0 fully saturated rings. The van der Waals surface area contributed by atoms with Gasteiger partial charge in [0.05, 0.1) is 5.69 Å². The van der Waals surface area contributed by atoms with Crippen molar-refractivity contribution in [1.82, 2.24) is 9.55 Å². The minimum Gasteiger partial charge on any atom is -0.344 e. The van der Waals surface area contributed by atoms with Crippen LogP contribution in [0, 0.1) is 0 Å². The van der Waals surface area contributed by atoms with E-state index in [0.717, 1.165) is 32.9 Å². The van der Waals surface area contributed by atoms with E-state index in [1.165, 1.54) is 0 Å². The zero-order valence-corrected chi connectivity index (χ0v) is 11.9. The molecule has 0 N–H and O–H groups in total. The van der Waals surface area contributed by atoms with E-state index in [1.54, 1.807) is 12.4 Å². The molecular formula is C15H11BrN2O. The number of aldehydes is 1. The predicted octanol–water partition coefficient (Wildman–Crippen LogP) is 3.82. The molecule has 94 valence electrons. The first-order chi connectivity index (χ1) is 9.19. The molecule has 3 nitrogen and oxygen atoms in total. The summed E-state index contributed by atoms with van der Waals surface area (Å²) in [5, 5.41) is 1.16. The van der Waals surface area contributed by atoms with Crippen molar-refractivity contribution < 1.29 is 4.79 Å². The average molecular weight is 315 g/mol. The monoisotopic (exact) mass is 314 g/mol. The molecular weight excluding hydrogens is 304 g/mol. The Morgan fingerprint density at radius 2 is 2.05 bits per heavy atom. The molecule has 0 atom stereocenters. The summed E-state index contributed by atoms with van der Waals surface area (Å²) >= 11 is 3.48. The number of aryl methyl sites for hydroxylation is 1. The normalized spacial score (nSPS) is 10.8. The maximum absolute atomic E-state index is 10.8. The van der Waals surface area contributed by atoms with E-state index < -0.39 is 0 Å². The van der Waals surface area contributed by atoms with Crippen molar-refractivity contribution in [3.05, 3.63) is 52.8 Å². The lowest BCUT2D eigenvalue weighted by atomic mass is 10.1. The molecule has 1 aromatic carbocycles. The van der Waals surface area contributed by atoms with Crippen molar-refractivity contribution >= 4 is 33.1 Å². The Bertz CT molecular complexity index is 777. The highest BCUT2D eigenvalue weighted by Gasteiger charge is 2.09. The van der Waals surface area contributed by atoms with Crippen LogP contribution in [-0.2, 0) is 7.05 Å². The lowest BCUT2D eigenvalue weighted by Gasteiger charge is -2.04. The Labute approximate surface area is 119 Å². The number of nitrogens with zero attached hydrogens (tertiary/aromatic N) is 2. The number of benzene rings is 1. The molecule has 0 aliphatic heterocycles. The third-order valence-corrected chi connectivity index (χ3v) is 3.69. The zero-order chi connectivity index (χ0) is 13.4. The Kier molecular flexibility index (Phi) is 2.95. The summed E-state index contributed by atoms with van der Waals surface area (Å²) in [7, 11) is 2.01. The number of carbonyl (C=O) groups is 1. The van der Waals surface area contributed by atoms with Gasteiger partial charge < -0.3 is 4.57 Å². The minimum absolute atomic E-state index is 0.587. The van der Waals surface area contributed by atoms with E-state index in [1.807, 2.05) is 19.2 Å². The largest absolute Gasteiger partial charge is 0.344 e. The number of halogens is 1. The smallest absolute Gasteiger partial charge is 0.151 e. The number of fused-ring (bicyclic) bond motifs is 1. The van der Waals surface area contributed by atoms with E-state index in [0.29, 0.717) is 5.56 Å². The van der Waals surface area contributed by atoms with Gasteiger partial charge in [-0.05, 0) is 24.3 Å². The Morgan fingerprint density at radius 1 is 1.21 bits per heavy atom. The average Bonchev–Trinajstić information content (AvgIpc) is 2.76. The lowest BCUT2D eigenvalue weighted by molar-refractivity contribution is 0.112. The van der Waals surface area contributed by atoms with Gasteiger partial charge in [-0.3, -0.25) is 9.78 Å². The molecule has 0 aliphatic carbocycles. The van der Waals surface area contributed by atoms with E-state index >= 15 is 0 Å². The third-order valence-electron chi connectivity index (χ3n) is 3.20. The number of aromatic nitrogens is 2. The van der Waals surface area contributed by atoms with Gasteiger partial charge in [-0.15, -0.1) is 0 Å². The molecule has 3 aromatic rings. The van der Waals surface area contributed by atoms with Crippen molar-refractivity contribution in [1.29, 1.82) is 0 Å². The van der Waals surface area contributed by atoms with Crippen LogP contribution in [0.15, 0.2) is 47.2 Å². The molecule has 0 bridgehead atoms. The van der Waals surface area contributed by atoms with Gasteiger partial charge in [0.25, 0.3) is 0 Å². The molecule has 0 saturated heterocycles. The number of hydrogen-bond acceptors (Lipinski definition) is 2. The highest BCUT2D eigenvalue weighted by molar-refractivity contribution is 9.10. The van der Waals surface area contributed by atoms with Crippen LogP contribution in [0.1, 0.15) is 10.4 Å². The van der Waals surface area contributed by atoms with Crippen LogP contribution in [0.5, 0.6) is 0 Å². The van der Waals surface area contributed by atoms with Crippen LogP contribution in [0.4, 0.5) is 0 Å². The number of carbonyl (C=O) groups excluding carboxylic acids is 1. The standard InChI is InChI=1S/C15H11BrN2O/c1-18-14(12-4-10(9-19)7-17-8-12)5-11-2-3-13(16)6-15(11)18/h2-9H,1H3. The second-order valence-corrected chi connectivity index (χ2v) is 5.33. The summed E-state index contributed by atoms with van der Waals surface area (Å²) in [6, 6.07) is 10.1. The molecule has 19 heavy (non-hydrogen) atoms. The molecule has 4 heteroatoms. The Morgan fingerprint density at radius 3 is 2.84 bits per heavy atom. The molecule has 0 unspecified atom stereocenters. The Balaban J connectivity index is 2.24. The summed E-state index contributed by atoms with van der Waals surface area (Å²) in [5.74, 6) is 0. The van der Waals surface area contributed by atoms with Gasteiger partial charge >= 0.3 is 0 Å². The van der Waals surface area contributed by atoms with Crippen LogP contribution >= 0.6 is 15.9 Å². The molecule has 3 rings (SSSR count). The maximum atomic E-state index is 10.8. The zero-order valence-electron chi connectivity index (χ0n) is 10.3. The van der Waals surface area contributed by atoms with Crippen LogP contribution in [-0.4, -0.2) is 15.8 Å². The maximum Gasteiger partial charge on any atom is 0.151 e. The highest BCUT2D eigenvalue weighted by atomic mass is 79.9. The number of rotatable bonds is 2. The summed E-state index contributed by atoms with van der Waals surface area (Å²) < 4.78 is 3.15. The first kappa shape index (κ1) is 12.1. The van der Waals surface area contributed by atoms with Crippen molar-refractivity contribution in [2.45, 2.75) is 0 Å². The quantitative estimate of drug-likeness (QED) is 0.674. The van der Waals surface area contributed by atoms with Crippen molar-refractivity contribution in [3.63, 3.8) is 0 Å². The lowest BCUT2D eigenvalue weighted by Crippen LogP contribution is -1.93. The molecule has 2 heterocycles. The molecule has 0 spiro atoms. The molecule has 0 amide bonds. The number of hydrogen-bond donors (Lipinski definition) is 0. The Hall–Kier alpha value is -1.94. The highest BCUT2D eigenvalue weighted by Crippen LogP contribution is 2.28. The first-order valence-corrected chi connectivity index (χ1v) is 6.64. The summed E-state index contributed by atoms with van der Waals surface area (Å²) in [6.07, 6.45) is 4.15. The molecule has 0 aliphatic rings. The van der Waals surface area contributed by atoms with Crippen LogP contribution in [0.25, 0.3) is 22.2 Å². The van der Waals surface area contributed by atoms with Gasteiger partial charge in [0.15, 0.2) is 6.29 Å². The van der Waals surface area contributed by atoms with Gasteiger partial charge in [-0.2, -0.15) is 0 Å². The number of pyridine rings is 1. The summed E-state index contributed by atoms with van der Waals surface area (Å²) in [5.41, 5.74) is 3.72. The SMILES string of the molecule is Cn1c(-c2cncc(C=O)c2)cc2ccc(Br)cc21. The summed E-state index contributed by atoms with van der Waals surface area (Å²) in [4.78, 5) is 14.9. The van der Waals surface area contributed by atoms with Crippen LogP contribution < -0.4 is 0 Å². The van der Waals surface area contributed by atoms with Crippen LogP contribution in [0.3, 0.4) is 0 Å². The fourth-order valence-electron chi connectivity index (χ4n) is 2.24. The van der Waals surface area contributed by atoms with Gasteiger partial charge in [0, 0.05) is 45.9 Å². The van der Waals surface area contributed by atoms with Crippen molar-refractivity contribution in [3.8, 4) is 11.3 Å². The third kappa shape index (κ3) is 2.08. The summed E-state index contributed by atoms with van der Waals surface area (Å²) in [6.45, 7) is 0. The van der Waals surface area contributed by atoms with Crippen molar-refractivity contribution in [2.24, 2.45) is 7.05 Å². The first-order valence-electron chi connectivity index (χ1n) is 5.84. The van der Waals surface area contributed by atoms with Crippen molar-refractivity contribution in [2.75, 3.05) is 0 Å². The van der Waals surface area contributed by atoms with E-state index in [2.05, 4.69) is 43.7 Å². The molecule has 0 radical (unpaired) electrons. The second kappa shape index (κ2) is 4.63.